The highest BCUT2D eigenvalue weighted by molar-refractivity contribution is 6.32. The van der Waals surface area contributed by atoms with Crippen molar-refractivity contribution in [2.45, 2.75) is 19.1 Å². The monoisotopic (exact) mass is 328 g/mol. The topological polar surface area (TPSA) is 96.0 Å². The first-order valence-electron chi connectivity index (χ1n) is 7.20. The first-order chi connectivity index (χ1) is 10.5. The van der Waals surface area contributed by atoms with Gasteiger partial charge in [-0.1, -0.05) is 17.7 Å². The van der Waals surface area contributed by atoms with Crippen LogP contribution < -0.4 is 10.5 Å². The van der Waals surface area contributed by atoms with Gasteiger partial charge in [-0.2, -0.15) is 0 Å². The van der Waals surface area contributed by atoms with Crippen molar-refractivity contribution in [2.75, 3.05) is 26.3 Å². The predicted octanol–water partition coefficient (Wildman–Crippen LogP) is 0.379. The zero-order chi connectivity index (χ0) is 16.1. The van der Waals surface area contributed by atoms with Crippen molar-refractivity contribution >= 4 is 17.5 Å². The number of carbonyl (C=O) groups is 1. The zero-order valence-corrected chi connectivity index (χ0v) is 13.0. The molecule has 1 aliphatic rings. The van der Waals surface area contributed by atoms with Crippen molar-refractivity contribution in [3.8, 4) is 5.75 Å². The van der Waals surface area contributed by atoms with Gasteiger partial charge in [-0.15, -0.1) is 0 Å². The number of carbonyl (C=O) groups excluding carboxylic acids is 1. The molecule has 2 rings (SSSR count). The normalized spacial score (nSPS) is 22.5. The molecule has 1 aromatic rings. The van der Waals surface area contributed by atoms with Gasteiger partial charge in [0.05, 0.1) is 11.1 Å². The maximum absolute atomic E-state index is 10.7. The van der Waals surface area contributed by atoms with E-state index in [9.17, 15) is 9.90 Å². The van der Waals surface area contributed by atoms with E-state index in [1.165, 1.54) is 0 Å². The molecule has 1 fully saturated rings. The standard InChI is InChI=1S/C15H21ClN2O4/c16-12-5-10(1-2-14(12)22-9-15(17)21)6-18-4-3-11(8-19)13(20)7-18/h1-2,5,11,13,19-20H,3-4,6-9H2,(H2,17,21)/t11-,13-/m1/s1. The van der Waals surface area contributed by atoms with Crippen LogP contribution in [0.2, 0.25) is 5.02 Å². The Balaban J connectivity index is 1.93. The van der Waals surface area contributed by atoms with Crippen LogP contribution in [0, 0.1) is 5.92 Å². The number of aliphatic hydroxyl groups excluding tert-OH is 2. The summed E-state index contributed by atoms with van der Waals surface area (Å²) in [6.45, 7) is 1.82. The second-order valence-electron chi connectivity index (χ2n) is 5.55. The van der Waals surface area contributed by atoms with E-state index < -0.39 is 12.0 Å². The van der Waals surface area contributed by atoms with Gasteiger partial charge in [0.15, 0.2) is 6.61 Å². The van der Waals surface area contributed by atoms with E-state index in [1.807, 2.05) is 6.07 Å². The predicted molar refractivity (Wildman–Crippen MR) is 82.6 cm³/mol. The number of nitrogens with two attached hydrogens (primary N) is 1. The molecule has 122 valence electrons. The average molecular weight is 329 g/mol. The highest BCUT2D eigenvalue weighted by atomic mass is 35.5. The second kappa shape index (κ2) is 7.78. The number of amides is 1. The minimum absolute atomic E-state index is 0.0206. The molecule has 0 bridgehead atoms. The number of halogens is 1. The fourth-order valence-electron chi connectivity index (χ4n) is 2.57. The highest BCUT2D eigenvalue weighted by Crippen LogP contribution is 2.27. The number of aliphatic hydroxyl groups is 2. The van der Waals surface area contributed by atoms with Crippen molar-refractivity contribution < 1.29 is 19.7 Å². The Morgan fingerprint density at radius 2 is 2.27 bits per heavy atom. The molecule has 0 radical (unpaired) electrons. The summed E-state index contributed by atoms with van der Waals surface area (Å²) in [5.41, 5.74) is 6.02. The van der Waals surface area contributed by atoms with Gasteiger partial charge in [-0.3, -0.25) is 9.69 Å². The molecule has 7 heteroatoms. The number of nitrogens with zero attached hydrogens (tertiary/aromatic N) is 1. The molecule has 1 heterocycles. The fourth-order valence-corrected chi connectivity index (χ4v) is 2.83. The van der Waals surface area contributed by atoms with E-state index in [1.54, 1.807) is 12.1 Å². The molecular formula is C15H21ClN2O4. The van der Waals surface area contributed by atoms with Crippen LogP contribution in [0.4, 0.5) is 0 Å². The quantitative estimate of drug-likeness (QED) is 0.701. The van der Waals surface area contributed by atoms with Gasteiger partial charge in [0.25, 0.3) is 5.91 Å². The molecule has 0 saturated carbocycles. The van der Waals surface area contributed by atoms with Crippen molar-refractivity contribution in [3.05, 3.63) is 28.8 Å². The highest BCUT2D eigenvalue weighted by Gasteiger charge is 2.26. The summed E-state index contributed by atoms with van der Waals surface area (Å²) < 4.78 is 5.20. The lowest BCUT2D eigenvalue weighted by Crippen LogP contribution is -2.44. The van der Waals surface area contributed by atoms with Crippen LogP contribution in [0.15, 0.2) is 18.2 Å². The Kier molecular flexibility index (Phi) is 6.02. The molecule has 2 atom stereocenters. The first kappa shape index (κ1) is 17.0. The van der Waals surface area contributed by atoms with Crippen molar-refractivity contribution in [3.63, 3.8) is 0 Å². The second-order valence-corrected chi connectivity index (χ2v) is 5.96. The zero-order valence-electron chi connectivity index (χ0n) is 12.2. The molecule has 6 nitrogen and oxygen atoms in total. The van der Waals surface area contributed by atoms with Crippen LogP contribution in [0.5, 0.6) is 5.75 Å². The number of primary amides is 1. The molecule has 1 aromatic carbocycles. The van der Waals surface area contributed by atoms with Crippen LogP contribution in [-0.4, -0.2) is 53.4 Å². The molecule has 0 aromatic heterocycles. The van der Waals surface area contributed by atoms with E-state index >= 15 is 0 Å². The summed E-state index contributed by atoms with van der Waals surface area (Å²) in [5, 5.41) is 19.5. The van der Waals surface area contributed by atoms with Gasteiger partial charge in [0.1, 0.15) is 5.75 Å². The number of ether oxygens (including phenoxy) is 1. The smallest absolute Gasteiger partial charge is 0.255 e. The third-order valence-electron chi connectivity index (χ3n) is 3.81. The number of β-amino-alcohol motifs (C(OH)–C–C–N with tert-alkyl or cyclic N) is 1. The number of likely N-dealkylation sites (tertiary alicyclic amines) is 1. The molecule has 22 heavy (non-hydrogen) atoms. The number of hydrogen-bond acceptors (Lipinski definition) is 5. The van der Waals surface area contributed by atoms with Crippen LogP contribution in [0.3, 0.4) is 0 Å². The van der Waals surface area contributed by atoms with E-state index in [2.05, 4.69) is 4.90 Å². The third-order valence-corrected chi connectivity index (χ3v) is 4.11. The van der Waals surface area contributed by atoms with Crippen LogP contribution in [0.1, 0.15) is 12.0 Å². The molecule has 1 aliphatic heterocycles. The first-order valence-corrected chi connectivity index (χ1v) is 7.58. The Hall–Kier alpha value is -1.34. The van der Waals surface area contributed by atoms with Gasteiger partial charge >= 0.3 is 0 Å². The summed E-state index contributed by atoms with van der Waals surface area (Å²) in [6.07, 6.45) is 0.262. The van der Waals surface area contributed by atoms with Gasteiger partial charge < -0.3 is 20.7 Å². The van der Waals surface area contributed by atoms with Crippen molar-refractivity contribution in [1.29, 1.82) is 0 Å². The van der Waals surface area contributed by atoms with Gasteiger partial charge in [0, 0.05) is 25.6 Å². The molecular weight excluding hydrogens is 308 g/mol. The van der Waals surface area contributed by atoms with Crippen LogP contribution >= 0.6 is 11.6 Å². The Morgan fingerprint density at radius 3 is 2.86 bits per heavy atom. The van der Waals surface area contributed by atoms with E-state index in [0.717, 1.165) is 18.5 Å². The number of rotatable bonds is 6. The third kappa shape index (κ3) is 4.58. The Bertz CT molecular complexity index is 526. The van der Waals surface area contributed by atoms with Gasteiger partial charge in [0.2, 0.25) is 0 Å². The molecule has 1 amide bonds. The Morgan fingerprint density at radius 1 is 1.50 bits per heavy atom. The number of piperidine rings is 1. The molecule has 0 aliphatic carbocycles. The summed E-state index contributed by atoms with van der Waals surface area (Å²) in [4.78, 5) is 12.8. The van der Waals surface area contributed by atoms with Gasteiger partial charge in [-0.25, -0.2) is 0 Å². The summed E-state index contributed by atoms with van der Waals surface area (Å²) in [6, 6.07) is 5.35. The van der Waals surface area contributed by atoms with Crippen LogP contribution in [0.25, 0.3) is 0 Å². The van der Waals surface area contributed by atoms with E-state index in [0.29, 0.717) is 23.9 Å². The summed E-state index contributed by atoms with van der Waals surface area (Å²) in [5.74, 6) is -0.173. The minimum Gasteiger partial charge on any atom is -0.482 e. The number of benzene rings is 1. The van der Waals surface area contributed by atoms with E-state index in [-0.39, 0.29) is 19.1 Å². The molecule has 4 N–H and O–H groups in total. The van der Waals surface area contributed by atoms with E-state index in [4.69, 9.17) is 27.2 Å². The lowest BCUT2D eigenvalue weighted by Gasteiger charge is -2.35. The molecule has 0 unspecified atom stereocenters. The van der Waals surface area contributed by atoms with Crippen molar-refractivity contribution in [1.82, 2.24) is 4.90 Å². The lowest BCUT2D eigenvalue weighted by molar-refractivity contribution is -0.119. The largest absolute Gasteiger partial charge is 0.482 e. The van der Waals surface area contributed by atoms with Crippen molar-refractivity contribution in [2.24, 2.45) is 11.7 Å². The summed E-state index contributed by atoms with van der Waals surface area (Å²) in [7, 11) is 0. The maximum atomic E-state index is 10.7. The SMILES string of the molecule is NC(=O)COc1ccc(CN2CC[C@H](CO)[C@H](O)C2)cc1Cl. The minimum atomic E-state index is -0.555. The average Bonchev–Trinajstić information content (AvgIpc) is 2.46. The summed E-state index contributed by atoms with van der Waals surface area (Å²) >= 11 is 6.13. The molecule has 0 spiro atoms. The number of hydrogen-bond donors (Lipinski definition) is 3. The van der Waals surface area contributed by atoms with Crippen LogP contribution in [-0.2, 0) is 11.3 Å². The lowest BCUT2D eigenvalue weighted by atomic mass is 9.94. The molecule has 1 saturated heterocycles. The maximum Gasteiger partial charge on any atom is 0.255 e. The Labute approximate surface area is 134 Å². The fraction of sp³-hybridized carbons (Fsp3) is 0.533. The van der Waals surface area contributed by atoms with Gasteiger partial charge in [-0.05, 0) is 30.7 Å².